The summed E-state index contributed by atoms with van der Waals surface area (Å²) in [6.07, 6.45) is 0.874. The predicted octanol–water partition coefficient (Wildman–Crippen LogP) is 3.36. The van der Waals surface area contributed by atoms with Gasteiger partial charge in [0.25, 0.3) is 0 Å². The van der Waals surface area contributed by atoms with Crippen molar-refractivity contribution in [1.82, 2.24) is 8.93 Å². The van der Waals surface area contributed by atoms with Crippen molar-refractivity contribution >= 4 is 80.5 Å². The molecule has 0 amide bonds. The molecule has 3 nitrogen and oxygen atoms in total. The fraction of sp³-hybridized carbons (Fsp3) is 0.800. The number of hydrazone groups is 1. The van der Waals surface area contributed by atoms with Gasteiger partial charge in [0.15, 0.2) is 6.17 Å². The van der Waals surface area contributed by atoms with E-state index in [9.17, 15) is 0 Å². The molecule has 0 aromatic rings. The van der Waals surface area contributed by atoms with E-state index in [0.717, 1.165) is 0 Å². The summed E-state index contributed by atoms with van der Waals surface area (Å²) >= 11 is 32.2. The molecule has 0 fully saturated rings. The van der Waals surface area contributed by atoms with E-state index in [1.807, 2.05) is 0 Å². The van der Waals surface area contributed by atoms with Crippen LogP contribution in [0.4, 0.5) is 0 Å². The standard InChI is InChI=1S/C5H5BrCl5N3/c1-13-3(14(6)2-12-13)4(7,8)5(9,10)11/h2-3H,1H3. The van der Waals surface area contributed by atoms with Gasteiger partial charge in [0.1, 0.15) is 6.34 Å². The molecule has 0 saturated carbocycles. The molecule has 9 heteroatoms. The number of hydrogen-bond acceptors (Lipinski definition) is 3. The zero-order valence-electron chi connectivity index (χ0n) is 6.76. The Morgan fingerprint density at radius 2 is 1.79 bits per heavy atom. The van der Waals surface area contributed by atoms with Crippen LogP contribution in [0.2, 0.25) is 0 Å². The number of halogens is 6. The van der Waals surface area contributed by atoms with E-state index < -0.39 is 14.3 Å². The van der Waals surface area contributed by atoms with Gasteiger partial charge in [-0.2, -0.15) is 5.10 Å². The lowest BCUT2D eigenvalue weighted by molar-refractivity contribution is 0.203. The third-order valence-corrected chi connectivity index (χ3v) is 4.64. The molecule has 1 unspecified atom stereocenters. The van der Waals surface area contributed by atoms with Crippen molar-refractivity contribution < 1.29 is 0 Å². The molecular weight excluding hydrogens is 359 g/mol. The van der Waals surface area contributed by atoms with Crippen LogP contribution in [0, 0.1) is 0 Å². The summed E-state index contributed by atoms with van der Waals surface area (Å²) in [5.74, 6) is 0. The Labute approximate surface area is 115 Å². The Morgan fingerprint density at radius 1 is 1.29 bits per heavy atom. The van der Waals surface area contributed by atoms with Crippen LogP contribution in [-0.2, 0) is 0 Å². The molecule has 0 aromatic heterocycles. The molecule has 1 heterocycles. The molecule has 0 aromatic carbocycles. The van der Waals surface area contributed by atoms with E-state index in [1.54, 1.807) is 7.05 Å². The molecule has 1 atom stereocenters. The van der Waals surface area contributed by atoms with Crippen molar-refractivity contribution in [1.29, 1.82) is 0 Å². The van der Waals surface area contributed by atoms with E-state index in [4.69, 9.17) is 58.0 Å². The summed E-state index contributed by atoms with van der Waals surface area (Å²) in [7, 11) is 1.67. The van der Waals surface area contributed by atoms with Gasteiger partial charge in [-0.3, -0.25) is 8.93 Å². The Bertz CT molecular complexity index is 240. The summed E-state index contributed by atoms with van der Waals surface area (Å²) in [4.78, 5) is 0. The number of rotatable bonds is 1. The first-order valence-corrected chi connectivity index (χ1v) is 5.93. The lowest BCUT2D eigenvalue weighted by Crippen LogP contribution is -2.53. The van der Waals surface area contributed by atoms with Gasteiger partial charge in [-0.15, -0.1) is 0 Å². The van der Waals surface area contributed by atoms with Gasteiger partial charge in [0.2, 0.25) is 8.13 Å². The molecule has 1 aliphatic heterocycles. The van der Waals surface area contributed by atoms with Crippen LogP contribution in [0.5, 0.6) is 0 Å². The molecule has 0 spiro atoms. The maximum Gasteiger partial charge on any atom is 0.227 e. The minimum atomic E-state index is -1.82. The lowest BCUT2D eigenvalue weighted by Gasteiger charge is -2.37. The molecule has 0 bridgehead atoms. The highest BCUT2D eigenvalue weighted by molar-refractivity contribution is 9.07. The van der Waals surface area contributed by atoms with Gasteiger partial charge in [0.05, 0.1) is 16.1 Å². The molecule has 0 saturated heterocycles. The Balaban J connectivity index is 2.93. The van der Waals surface area contributed by atoms with Crippen molar-refractivity contribution in [3.05, 3.63) is 0 Å². The van der Waals surface area contributed by atoms with E-state index >= 15 is 0 Å². The van der Waals surface area contributed by atoms with Crippen LogP contribution in [0.15, 0.2) is 5.10 Å². The Kier molecular flexibility index (Phi) is 4.00. The number of alkyl halides is 5. The SMILES string of the molecule is CN1N=CN(Br)C1C(Cl)(Cl)C(Cl)(Cl)Cl. The summed E-state index contributed by atoms with van der Waals surface area (Å²) < 4.78 is -1.96. The van der Waals surface area contributed by atoms with Crippen molar-refractivity contribution in [2.45, 2.75) is 14.3 Å². The first kappa shape index (κ1) is 13.3. The van der Waals surface area contributed by atoms with Crippen molar-refractivity contribution in [2.75, 3.05) is 7.05 Å². The van der Waals surface area contributed by atoms with Crippen LogP contribution >= 0.6 is 74.2 Å². The van der Waals surface area contributed by atoms with Crippen LogP contribution in [0.1, 0.15) is 0 Å². The maximum atomic E-state index is 5.98. The number of hydrogen-bond donors (Lipinski definition) is 0. The quantitative estimate of drug-likeness (QED) is 0.525. The lowest BCUT2D eigenvalue weighted by atomic mass is 10.3. The summed E-state index contributed by atoms with van der Waals surface area (Å²) in [5, 5.41) is 5.40. The number of nitrogens with zero attached hydrogens (tertiary/aromatic N) is 3. The third-order valence-electron chi connectivity index (χ3n) is 1.63. The van der Waals surface area contributed by atoms with E-state index in [0.29, 0.717) is 0 Å². The summed E-state index contributed by atoms with van der Waals surface area (Å²) in [5.41, 5.74) is 0. The van der Waals surface area contributed by atoms with Crippen LogP contribution < -0.4 is 0 Å². The second-order valence-corrected chi connectivity index (χ2v) is 7.13. The largest absolute Gasteiger partial charge is 0.272 e. The molecule has 0 aliphatic carbocycles. The summed E-state index contributed by atoms with van der Waals surface area (Å²) in [6.45, 7) is 0. The molecule has 82 valence electrons. The minimum Gasteiger partial charge on any atom is -0.272 e. The molecule has 0 N–H and O–H groups in total. The van der Waals surface area contributed by atoms with Crippen LogP contribution in [0.25, 0.3) is 0 Å². The topological polar surface area (TPSA) is 18.8 Å². The van der Waals surface area contributed by atoms with Crippen molar-refractivity contribution in [3.63, 3.8) is 0 Å². The zero-order valence-corrected chi connectivity index (χ0v) is 12.1. The fourth-order valence-corrected chi connectivity index (χ4v) is 2.63. The smallest absolute Gasteiger partial charge is 0.227 e. The van der Waals surface area contributed by atoms with Gasteiger partial charge in [-0.25, -0.2) is 0 Å². The zero-order chi connectivity index (χ0) is 11.1. The highest BCUT2D eigenvalue weighted by Gasteiger charge is 2.56. The fourth-order valence-electron chi connectivity index (χ4n) is 0.953. The van der Waals surface area contributed by atoms with Gasteiger partial charge in [-0.1, -0.05) is 58.0 Å². The van der Waals surface area contributed by atoms with Crippen LogP contribution in [0.3, 0.4) is 0 Å². The van der Waals surface area contributed by atoms with Gasteiger partial charge in [0, 0.05) is 7.05 Å². The van der Waals surface area contributed by atoms with Crippen molar-refractivity contribution in [3.8, 4) is 0 Å². The van der Waals surface area contributed by atoms with E-state index in [-0.39, 0.29) is 0 Å². The third kappa shape index (κ3) is 2.30. The predicted molar refractivity (Wildman–Crippen MR) is 65.5 cm³/mol. The van der Waals surface area contributed by atoms with Crippen molar-refractivity contribution in [2.24, 2.45) is 5.10 Å². The van der Waals surface area contributed by atoms with Gasteiger partial charge in [-0.05, 0) is 0 Å². The summed E-state index contributed by atoms with van der Waals surface area (Å²) in [6, 6.07) is 0. The Morgan fingerprint density at radius 3 is 2.07 bits per heavy atom. The average Bonchev–Trinajstić information content (AvgIpc) is 2.28. The highest BCUT2D eigenvalue weighted by atomic mass is 79.9. The first-order chi connectivity index (χ1) is 6.18. The molecular formula is C5H5BrCl5N3. The molecule has 14 heavy (non-hydrogen) atoms. The van der Waals surface area contributed by atoms with E-state index in [2.05, 4.69) is 21.2 Å². The van der Waals surface area contributed by atoms with Gasteiger partial charge < -0.3 is 0 Å². The van der Waals surface area contributed by atoms with Gasteiger partial charge >= 0.3 is 0 Å². The van der Waals surface area contributed by atoms with Crippen LogP contribution in [-0.4, -0.2) is 36.6 Å². The first-order valence-electron chi connectivity index (χ1n) is 3.33. The highest BCUT2D eigenvalue weighted by Crippen LogP contribution is 2.50. The van der Waals surface area contributed by atoms with E-state index in [1.165, 1.54) is 15.3 Å². The second-order valence-electron chi connectivity index (χ2n) is 2.64. The normalized spacial score (nSPS) is 23.5. The Hall–Kier alpha value is 1.20. The second kappa shape index (κ2) is 4.22. The molecule has 0 radical (unpaired) electrons. The molecule has 1 rings (SSSR count). The maximum absolute atomic E-state index is 5.98. The molecule has 1 aliphatic rings. The monoisotopic (exact) mass is 361 g/mol. The average molecular weight is 364 g/mol. The minimum absolute atomic E-state index is 0.599.